The SMILES string of the molecule is Cc1ccc([C@@H](C)N)cc1C.Cl. The van der Waals surface area contributed by atoms with Crippen molar-refractivity contribution >= 4 is 12.4 Å². The van der Waals surface area contributed by atoms with Gasteiger partial charge in [0, 0.05) is 6.04 Å². The molecular formula is C10H16ClN. The molecule has 12 heavy (non-hydrogen) atoms. The van der Waals surface area contributed by atoms with E-state index in [0.717, 1.165) is 0 Å². The smallest absolute Gasteiger partial charge is 0.0266 e. The highest BCUT2D eigenvalue weighted by atomic mass is 35.5. The number of nitrogens with two attached hydrogens (primary N) is 1. The summed E-state index contributed by atoms with van der Waals surface area (Å²) in [7, 11) is 0. The Bertz CT molecular complexity index is 256. The average Bonchev–Trinajstić information content (AvgIpc) is 1.94. The zero-order valence-corrected chi connectivity index (χ0v) is 8.61. The van der Waals surface area contributed by atoms with Crippen molar-refractivity contribution in [2.24, 2.45) is 5.73 Å². The third-order valence-electron chi connectivity index (χ3n) is 2.06. The minimum absolute atomic E-state index is 0. The predicted octanol–water partition coefficient (Wildman–Crippen LogP) is 2.74. The first-order valence-corrected chi connectivity index (χ1v) is 3.94. The maximum absolute atomic E-state index is 5.73. The highest BCUT2D eigenvalue weighted by molar-refractivity contribution is 5.85. The summed E-state index contributed by atoms with van der Waals surface area (Å²) in [6.07, 6.45) is 0. The van der Waals surface area contributed by atoms with Crippen LogP contribution in [0.25, 0.3) is 0 Å². The fourth-order valence-corrected chi connectivity index (χ4v) is 1.05. The van der Waals surface area contributed by atoms with Crippen LogP contribution in [0.2, 0.25) is 0 Å². The summed E-state index contributed by atoms with van der Waals surface area (Å²) in [5, 5.41) is 0. The average molecular weight is 186 g/mol. The molecule has 0 aromatic heterocycles. The Hall–Kier alpha value is -0.530. The van der Waals surface area contributed by atoms with E-state index in [2.05, 4.69) is 32.0 Å². The van der Waals surface area contributed by atoms with Gasteiger partial charge in [0.2, 0.25) is 0 Å². The van der Waals surface area contributed by atoms with E-state index in [4.69, 9.17) is 5.73 Å². The molecule has 1 aromatic carbocycles. The predicted molar refractivity (Wildman–Crippen MR) is 55.8 cm³/mol. The quantitative estimate of drug-likeness (QED) is 0.716. The summed E-state index contributed by atoms with van der Waals surface area (Å²) in [5.74, 6) is 0. The van der Waals surface area contributed by atoms with E-state index in [0.29, 0.717) is 0 Å². The molecule has 1 atom stereocenters. The van der Waals surface area contributed by atoms with Crippen molar-refractivity contribution in [1.82, 2.24) is 0 Å². The Balaban J connectivity index is 0.00000121. The molecule has 2 heteroatoms. The van der Waals surface area contributed by atoms with Gasteiger partial charge in [0.15, 0.2) is 0 Å². The van der Waals surface area contributed by atoms with E-state index in [1.807, 2.05) is 6.92 Å². The molecule has 1 aromatic rings. The Labute approximate surface area is 80.4 Å². The maximum atomic E-state index is 5.73. The number of rotatable bonds is 1. The first-order chi connectivity index (χ1) is 5.11. The maximum Gasteiger partial charge on any atom is 0.0266 e. The topological polar surface area (TPSA) is 26.0 Å². The fourth-order valence-electron chi connectivity index (χ4n) is 1.05. The second-order valence-electron chi connectivity index (χ2n) is 3.13. The highest BCUT2D eigenvalue weighted by Crippen LogP contribution is 2.14. The molecule has 0 bridgehead atoms. The van der Waals surface area contributed by atoms with Crippen LogP contribution in [-0.2, 0) is 0 Å². The van der Waals surface area contributed by atoms with E-state index in [1.165, 1.54) is 16.7 Å². The molecule has 0 saturated heterocycles. The molecule has 0 spiro atoms. The Kier molecular flexibility index (Phi) is 4.29. The summed E-state index contributed by atoms with van der Waals surface area (Å²) in [5.41, 5.74) is 9.60. The first kappa shape index (κ1) is 11.5. The molecule has 0 aliphatic heterocycles. The van der Waals surface area contributed by atoms with Gasteiger partial charge in [-0.1, -0.05) is 18.2 Å². The van der Waals surface area contributed by atoms with Crippen molar-refractivity contribution in [3.05, 3.63) is 34.9 Å². The van der Waals surface area contributed by atoms with Gasteiger partial charge < -0.3 is 5.73 Å². The summed E-state index contributed by atoms with van der Waals surface area (Å²) >= 11 is 0. The van der Waals surface area contributed by atoms with E-state index < -0.39 is 0 Å². The standard InChI is InChI=1S/C10H15N.ClH/c1-7-4-5-10(9(3)11)6-8(7)2;/h4-6,9H,11H2,1-3H3;1H/t9-;/m1./s1. The van der Waals surface area contributed by atoms with Crippen molar-refractivity contribution in [1.29, 1.82) is 0 Å². The van der Waals surface area contributed by atoms with Crippen LogP contribution in [-0.4, -0.2) is 0 Å². The highest BCUT2D eigenvalue weighted by Gasteiger charge is 1.99. The van der Waals surface area contributed by atoms with Crippen LogP contribution in [0.3, 0.4) is 0 Å². The lowest BCUT2D eigenvalue weighted by atomic mass is 10.0. The van der Waals surface area contributed by atoms with Gasteiger partial charge in [-0.05, 0) is 37.5 Å². The molecule has 68 valence electrons. The van der Waals surface area contributed by atoms with Gasteiger partial charge in [-0.3, -0.25) is 0 Å². The van der Waals surface area contributed by atoms with E-state index in [1.54, 1.807) is 0 Å². The lowest BCUT2D eigenvalue weighted by Crippen LogP contribution is -2.05. The second kappa shape index (κ2) is 4.48. The van der Waals surface area contributed by atoms with Crippen LogP contribution >= 0.6 is 12.4 Å². The van der Waals surface area contributed by atoms with Gasteiger partial charge in [0.05, 0.1) is 0 Å². The number of aryl methyl sites for hydroxylation is 2. The third kappa shape index (κ3) is 2.50. The Morgan fingerprint density at radius 2 is 1.75 bits per heavy atom. The minimum atomic E-state index is 0. The molecule has 0 amide bonds. The summed E-state index contributed by atoms with van der Waals surface area (Å²) < 4.78 is 0. The molecule has 1 nitrogen and oxygen atoms in total. The molecule has 0 aliphatic carbocycles. The van der Waals surface area contributed by atoms with Crippen molar-refractivity contribution in [2.75, 3.05) is 0 Å². The lowest BCUT2D eigenvalue weighted by Gasteiger charge is -2.07. The zero-order chi connectivity index (χ0) is 8.43. The molecule has 0 fully saturated rings. The number of halogens is 1. The first-order valence-electron chi connectivity index (χ1n) is 3.94. The van der Waals surface area contributed by atoms with Crippen molar-refractivity contribution < 1.29 is 0 Å². The number of benzene rings is 1. The largest absolute Gasteiger partial charge is 0.324 e. The van der Waals surface area contributed by atoms with Crippen molar-refractivity contribution in [3.63, 3.8) is 0 Å². The van der Waals surface area contributed by atoms with Gasteiger partial charge >= 0.3 is 0 Å². The van der Waals surface area contributed by atoms with Gasteiger partial charge in [0.25, 0.3) is 0 Å². The monoisotopic (exact) mass is 185 g/mol. The van der Waals surface area contributed by atoms with Gasteiger partial charge in [-0.2, -0.15) is 0 Å². The van der Waals surface area contributed by atoms with E-state index in [9.17, 15) is 0 Å². The summed E-state index contributed by atoms with van der Waals surface area (Å²) in [6, 6.07) is 6.51. The van der Waals surface area contributed by atoms with Crippen LogP contribution in [0.5, 0.6) is 0 Å². The fraction of sp³-hybridized carbons (Fsp3) is 0.400. The molecule has 0 radical (unpaired) electrons. The lowest BCUT2D eigenvalue weighted by molar-refractivity contribution is 0.816. The van der Waals surface area contributed by atoms with E-state index >= 15 is 0 Å². The van der Waals surface area contributed by atoms with E-state index in [-0.39, 0.29) is 18.4 Å². The summed E-state index contributed by atoms with van der Waals surface area (Å²) in [4.78, 5) is 0. The van der Waals surface area contributed by atoms with Crippen LogP contribution in [0, 0.1) is 13.8 Å². The van der Waals surface area contributed by atoms with Crippen LogP contribution in [0.15, 0.2) is 18.2 Å². The number of hydrogen-bond acceptors (Lipinski definition) is 1. The van der Waals surface area contributed by atoms with Crippen molar-refractivity contribution in [2.45, 2.75) is 26.8 Å². The third-order valence-corrected chi connectivity index (χ3v) is 2.06. The molecule has 0 unspecified atom stereocenters. The molecule has 0 saturated carbocycles. The summed E-state index contributed by atoms with van der Waals surface area (Å²) in [6.45, 7) is 6.23. The molecule has 0 aliphatic rings. The minimum Gasteiger partial charge on any atom is -0.324 e. The van der Waals surface area contributed by atoms with Gasteiger partial charge in [0.1, 0.15) is 0 Å². The molecule has 2 N–H and O–H groups in total. The van der Waals surface area contributed by atoms with Crippen molar-refractivity contribution in [3.8, 4) is 0 Å². The Morgan fingerprint density at radius 3 is 2.17 bits per heavy atom. The molecular weight excluding hydrogens is 170 g/mol. The molecule has 1 rings (SSSR count). The van der Waals surface area contributed by atoms with Crippen LogP contribution < -0.4 is 5.73 Å². The van der Waals surface area contributed by atoms with Crippen LogP contribution in [0.4, 0.5) is 0 Å². The van der Waals surface area contributed by atoms with Gasteiger partial charge in [-0.15, -0.1) is 12.4 Å². The zero-order valence-electron chi connectivity index (χ0n) is 7.79. The molecule has 0 heterocycles. The van der Waals surface area contributed by atoms with Crippen LogP contribution in [0.1, 0.15) is 29.7 Å². The normalized spacial score (nSPS) is 12.0. The number of hydrogen-bond donors (Lipinski definition) is 1. The Morgan fingerprint density at radius 1 is 1.17 bits per heavy atom. The second-order valence-corrected chi connectivity index (χ2v) is 3.13. The van der Waals surface area contributed by atoms with Gasteiger partial charge in [-0.25, -0.2) is 0 Å².